The first kappa shape index (κ1) is 12.2. The van der Waals surface area contributed by atoms with Gasteiger partial charge in [-0.1, -0.05) is 12.1 Å². The summed E-state index contributed by atoms with van der Waals surface area (Å²) >= 11 is 0. The first-order valence-electron chi connectivity index (χ1n) is 5.59. The average molecular weight is 259 g/mol. The van der Waals surface area contributed by atoms with E-state index >= 15 is 0 Å². The molecule has 1 aliphatic rings. The van der Waals surface area contributed by atoms with Crippen LogP contribution in [0.5, 0.6) is 0 Å². The maximum absolute atomic E-state index is 11.6. The predicted octanol–water partition coefficient (Wildman–Crippen LogP) is 0.897. The van der Waals surface area contributed by atoms with E-state index in [1.165, 1.54) is 0 Å². The Bertz CT molecular complexity index is 501. The van der Waals surface area contributed by atoms with Gasteiger partial charge in [-0.15, -0.1) is 0 Å². The molecular formula is C10H17N3O3S. The normalized spacial score (nSPS) is 18.6. The third-order valence-electron chi connectivity index (χ3n) is 3.11. The van der Waals surface area contributed by atoms with Crippen LogP contribution in [0.15, 0.2) is 9.42 Å². The van der Waals surface area contributed by atoms with Crippen LogP contribution in [0.4, 0.5) is 11.7 Å². The molecule has 96 valence electrons. The Hall–Kier alpha value is -1.24. The lowest BCUT2D eigenvalue weighted by Crippen LogP contribution is -2.33. The molecule has 0 atom stereocenters. The van der Waals surface area contributed by atoms with Crippen LogP contribution in [0.1, 0.15) is 19.8 Å². The topological polar surface area (TPSA) is 89.4 Å². The molecule has 0 aromatic carbocycles. The molecule has 0 spiro atoms. The number of nitrogens with zero attached hydrogens (tertiary/aromatic N) is 2. The molecule has 0 saturated carbocycles. The minimum atomic E-state index is -3.41. The van der Waals surface area contributed by atoms with Gasteiger partial charge >= 0.3 is 0 Å². The summed E-state index contributed by atoms with van der Waals surface area (Å²) in [5, 5.41) is 3.78. The van der Waals surface area contributed by atoms with Gasteiger partial charge in [-0.05, 0) is 18.8 Å². The van der Waals surface area contributed by atoms with Crippen LogP contribution in [0, 0.1) is 5.92 Å². The molecule has 0 radical (unpaired) electrons. The first-order valence-corrected chi connectivity index (χ1v) is 7.49. The second-order valence-corrected chi connectivity index (χ2v) is 6.59. The molecule has 2 rings (SSSR count). The number of nitrogen functional groups attached to an aromatic ring is 1. The standard InChI is InChI=1S/C10H17N3O3S/c1-7-3-5-13(6-4-7)10-8(17(2,14)15)9(11)16-12-10/h7H,3-6,11H2,1-2H3. The summed E-state index contributed by atoms with van der Waals surface area (Å²) in [5.74, 6) is 0.898. The molecule has 1 aromatic rings. The molecule has 0 unspecified atom stereocenters. The van der Waals surface area contributed by atoms with E-state index in [9.17, 15) is 8.42 Å². The molecule has 6 nitrogen and oxygen atoms in total. The summed E-state index contributed by atoms with van der Waals surface area (Å²) in [4.78, 5) is 1.95. The Balaban J connectivity index is 2.34. The molecule has 0 amide bonds. The Morgan fingerprint density at radius 2 is 2.00 bits per heavy atom. The van der Waals surface area contributed by atoms with Crippen molar-refractivity contribution in [2.24, 2.45) is 5.92 Å². The van der Waals surface area contributed by atoms with E-state index in [4.69, 9.17) is 10.3 Å². The van der Waals surface area contributed by atoms with Crippen molar-refractivity contribution in [3.8, 4) is 0 Å². The third kappa shape index (κ3) is 2.38. The number of sulfone groups is 1. The highest BCUT2D eigenvalue weighted by Gasteiger charge is 2.28. The van der Waals surface area contributed by atoms with E-state index in [2.05, 4.69) is 12.1 Å². The fourth-order valence-electron chi connectivity index (χ4n) is 2.06. The fraction of sp³-hybridized carbons (Fsp3) is 0.700. The van der Waals surface area contributed by atoms with Crippen molar-refractivity contribution in [1.82, 2.24) is 5.16 Å². The number of hydrogen-bond donors (Lipinski definition) is 1. The molecule has 0 aliphatic carbocycles. The number of aromatic nitrogens is 1. The van der Waals surface area contributed by atoms with Crippen LogP contribution in [0.2, 0.25) is 0 Å². The van der Waals surface area contributed by atoms with Crippen molar-refractivity contribution in [3.63, 3.8) is 0 Å². The Morgan fingerprint density at radius 1 is 1.41 bits per heavy atom. The molecule has 2 heterocycles. The van der Waals surface area contributed by atoms with Gasteiger partial charge in [0.1, 0.15) is 0 Å². The van der Waals surface area contributed by atoms with Crippen molar-refractivity contribution in [3.05, 3.63) is 0 Å². The van der Waals surface area contributed by atoms with Crippen LogP contribution >= 0.6 is 0 Å². The molecule has 1 aliphatic heterocycles. The zero-order chi connectivity index (χ0) is 12.6. The fourth-order valence-corrected chi connectivity index (χ4v) is 2.96. The first-order chi connectivity index (χ1) is 7.89. The SMILES string of the molecule is CC1CCN(c2noc(N)c2S(C)(=O)=O)CC1. The molecule has 17 heavy (non-hydrogen) atoms. The van der Waals surface area contributed by atoms with Crippen molar-refractivity contribution < 1.29 is 12.9 Å². The second kappa shape index (κ2) is 4.21. The van der Waals surface area contributed by atoms with E-state index in [0.717, 1.165) is 32.2 Å². The lowest BCUT2D eigenvalue weighted by molar-refractivity contribution is 0.412. The average Bonchev–Trinajstić information content (AvgIpc) is 2.61. The van der Waals surface area contributed by atoms with Crippen LogP contribution in [-0.4, -0.2) is 32.9 Å². The van der Waals surface area contributed by atoms with Crippen LogP contribution in [-0.2, 0) is 9.84 Å². The molecule has 1 saturated heterocycles. The summed E-state index contributed by atoms with van der Waals surface area (Å²) in [6.45, 7) is 3.76. The van der Waals surface area contributed by atoms with Crippen LogP contribution in [0.3, 0.4) is 0 Å². The van der Waals surface area contributed by atoms with Crippen molar-refractivity contribution in [2.45, 2.75) is 24.7 Å². The van der Waals surface area contributed by atoms with Gasteiger partial charge in [-0.2, -0.15) is 0 Å². The van der Waals surface area contributed by atoms with Gasteiger partial charge in [-0.3, -0.25) is 0 Å². The predicted molar refractivity (Wildman–Crippen MR) is 64.6 cm³/mol. The molecule has 1 fully saturated rings. The van der Waals surface area contributed by atoms with Crippen LogP contribution < -0.4 is 10.6 Å². The monoisotopic (exact) mass is 259 g/mol. The maximum atomic E-state index is 11.6. The van der Waals surface area contributed by atoms with Gasteiger partial charge < -0.3 is 15.2 Å². The summed E-state index contributed by atoms with van der Waals surface area (Å²) < 4.78 is 28.1. The van der Waals surface area contributed by atoms with Gasteiger partial charge in [0, 0.05) is 19.3 Å². The number of anilines is 2. The Labute approximate surface area is 101 Å². The summed E-state index contributed by atoms with van der Waals surface area (Å²) in [7, 11) is -3.41. The highest BCUT2D eigenvalue weighted by Crippen LogP contribution is 2.32. The Morgan fingerprint density at radius 3 is 2.53 bits per heavy atom. The van der Waals surface area contributed by atoms with Crippen LogP contribution in [0.25, 0.3) is 0 Å². The molecular weight excluding hydrogens is 242 g/mol. The zero-order valence-corrected chi connectivity index (χ0v) is 10.8. The lowest BCUT2D eigenvalue weighted by atomic mass is 9.99. The van der Waals surface area contributed by atoms with Crippen molar-refractivity contribution in [1.29, 1.82) is 0 Å². The van der Waals surface area contributed by atoms with Crippen molar-refractivity contribution >= 4 is 21.5 Å². The molecule has 2 N–H and O–H groups in total. The minimum Gasteiger partial charge on any atom is -0.366 e. The van der Waals surface area contributed by atoms with Gasteiger partial charge in [0.15, 0.2) is 20.6 Å². The van der Waals surface area contributed by atoms with Crippen molar-refractivity contribution in [2.75, 3.05) is 30.0 Å². The van der Waals surface area contributed by atoms with Gasteiger partial charge in [0.2, 0.25) is 5.88 Å². The third-order valence-corrected chi connectivity index (χ3v) is 4.24. The van der Waals surface area contributed by atoms with E-state index in [0.29, 0.717) is 11.7 Å². The smallest absolute Gasteiger partial charge is 0.243 e. The maximum Gasteiger partial charge on any atom is 0.243 e. The summed E-state index contributed by atoms with van der Waals surface area (Å²) in [6, 6.07) is 0. The number of piperidine rings is 1. The number of rotatable bonds is 2. The molecule has 0 bridgehead atoms. The van der Waals surface area contributed by atoms with Gasteiger partial charge in [0.25, 0.3) is 0 Å². The summed E-state index contributed by atoms with van der Waals surface area (Å²) in [6.07, 6.45) is 3.16. The van der Waals surface area contributed by atoms with Gasteiger partial charge in [-0.25, -0.2) is 8.42 Å². The Kier molecular flexibility index (Phi) is 3.03. The number of hydrogen-bond acceptors (Lipinski definition) is 6. The van der Waals surface area contributed by atoms with E-state index < -0.39 is 9.84 Å². The number of nitrogens with two attached hydrogens (primary N) is 1. The van der Waals surface area contributed by atoms with E-state index in [1.54, 1.807) is 0 Å². The quantitative estimate of drug-likeness (QED) is 0.848. The summed E-state index contributed by atoms with van der Waals surface area (Å²) in [5.41, 5.74) is 5.53. The van der Waals surface area contributed by atoms with E-state index in [-0.39, 0.29) is 10.8 Å². The largest absolute Gasteiger partial charge is 0.366 e. The van der Waals surface area contributed by atoms with E-state index in [1.807, 2.05) is 4.90 Å². The zero-order valence-electron chi connectivity index (χ0n) is 10.0. The highest BCUT2D eigenvalue weighted by molar-refractivity contribution is 7.91. The highest BCUT2D eigenvalue weighted by atomic mass is 32.2. The second-order valence-electron chi connectivity index (χ2n) is 4.64. The lowest BCUT2D eigenvalue weighted by Gasteiger charge is -2.30. The molecule has 1 aromatic heterocycles. The minimum absolute atomic E-state index is 0.0204. The molecule has 7 heteroatoms. The van der Waals surface area contributed by atoms with Gasteiger partial charge in [0.05, 0.1) is 0 Å².